The Morgan fingerprint density at radius 1 is 1.40 bits per heavy atom. The van der Waals surface area contributed by atoms with E-state index in [1.165, 1.54) is 23.4 Å². The Morgan fingerprint density at radius 2 is 2.15 bits per heavy atom. The largest absolute Gasteiger partial charge is 0.327 e. The number of rotatable bonds is 5. The second-order valence-electron chi connectivity index (χ2n) is 4.77. The summed E-state index contributed by atoms with van der Waals surface area (Å²) in [5, 5.41) is 0.618. The molecule has 2 rings (SSSR count). The molecule has 0 radical (unpaired) electrons. The molecule has 1 unspecified atom stereocenters. The van der Waals surface area contributed by atoms with Crippen LogP contribution >= 0.6 is 11.8 Å². The second-order valence-corrected chi connectivity index (χ2v) is 5.80. The zero-order chi connectivity index (χ0) is 14.5. The molecule has 5 heteroatoms. The fourth-order valence-electron chi connectivity index (χ4n) is 1.90. The summed E-state index contributed by atoms with van der Waals surface area (Å²) < 4.78 is 0. The molecule has 4 nitrogen and oxygen atoms in total. The summed E-state index contributed by atoms with van der Waals surface area (Å²) in [6.45, 7) is 3.90. The number of aromatic amines is 1. The third kappa shape index (κ3) is 3.95. The molecular formula is C15H19N3OS. The van der Waals surface area contributed by atoms with Gasteiger partial charge >= 0.3 is 0 Å². The van der Waals surface area contributed by atoms with Gasteiger partial charge in [0.1, 0.15) is 0 Å². The van der Waals surface area contributed by atoms with Gasteiger partial charge in [-0.3, -0.25) is 4.79 Å². The van der Waals surface area contributed by atoms with E-state index in [2.05, 4.69) is 23.0 Å². The van der Waals surface area contributed by atoms with Gasteiger partial charge in [-0.15, -0.1) is 0 Å². The first kappa shape index (κ1) is 14.8. The van der Waals surface area contributed by atoms with Crippen molar-refractivity contribution in [2.75, 3.05) is 0 Å². The Morgan fingerprint density at radius 3 is 2.85 bits per heavy atom. The van der Waals surface area contributed by atoms with Crippen LogP contribution in [0.3, 0.4) is 0 Å². The quantitative estimate of drug-likeness (QED) is 0.830. The first-order chi connectivity index (χ1) is 9.58. The molecule has 0 saturated heterocycles. The molecule has 20 heavy (non-hydrogen) atoms. The average molecular weight is 289 g/mol. The zero-order valence-corrected chi connectivity index (χ0v) is 12.5. The molecule has 1 heterocycles. The minimum absolute atomic E-state index is 0.122. The van der Waals surface area contributed by atoms with E-state index in [1.807, 2.05) is 25.1 Å². The summed E-state index contributed by atoms with van der Waals surface area (Å²) in [4.78, 5) is 19.7. The predicted molar refractivity (Wildman–Crippen MR) is 82.1 cm³/mol. The summed E-state index contributed by atoms with van der Waals surface area (Å²) in [6.07, 6.45) is 1.77. The molecule has 0 aliphatic carbocycles. The third-order valence-corrected chi connectivity index (χ3v) is 4.04. The van der Waals surface area contributed by atoms with Crippen LogP contribution in [0.1, 0.15) is 24.6 Å². The molecule has 1 atom stereocenters. The van der Waals surface area contributed by atoms with Gasteiger partial charge in [-0.1, -0.05) is 36.9 Å². The van der Waals surface area contributed by atoms with Crippen molar-refractivity contribution >= 4 is 11.8 Å². The number of hydrogen-bond donors (Lipinski definition) is 2. The van der Waals surface area contributed by atoms with Crippen LogP contribution < -0.4 is 11.3 Å². The van der Waals surface area contributed by atoms with Crippen molar-refractivity contribution < 1.29 is 0 Å². The fraction of sp³-hybridized carbons (Fsp3) is 0.333. The van der Waals surface area contributed by atoms with Crippen molar-refractivity contribution in [1.82, 2.24) is 9.97 Å². The lowest BCUT2D eigenvalue weighted by Crippen LogP contribution is -2.21. The van der Waals surface area contributed by atoms with Crippen LogP contribution in [0.2, 0.25) is 0 Å². The number of nitrogens with zero attached hydrogens (tertiary/aromatic N) is 1. The van der Waals surface area contributed by atoms with Crippen LogP contribution in [0.5, 0.6) is 0 Å². The minimum atomic E-state index is -0.122. The normalized spacial score (nSPS) is 12.3. The van der Waals surface area contributed by atoms with Gasteiger partial charge in [-0.05, 0) is 31.4 Å². The molecule has 0 amide bonds. The minimum Gasteiger partial charge on any atom is -0.327 e. The van der Waals surface area contributed by atoms with Crippen molar-refractivity contribution in [2.24, 2.45) is 5.73 Å². The highest BCUT2D eigenvalue weighted by Gasteiger charge is 2.09. The predicted octanol–water partition coefficient (Wildman–Crippen LogP) is 2.51. The molecule has 0 aliphatic rings. The van der Waals surface area contributed by atoms with E-state index >= 15 is 0 Å². The summed E-state index contributed by atoms with van der Waals surface area (Å²) in [5.41, 5.74) is 7.82. The van der Waals surface area contributed by atoms with Gasteiger partial charge < -0.3 is 10.7 Å². The molecule has 0 saturated carbocycles. The maximum absolute atomic E-state index is 11.5. The summed E-state index contributed by atoms with van der Waals surface area (Å²) in [5.74, 6) is 0. The van der Waals surface area contributed by atoms with Crippen LogP contribution in [0.4, 0.5) is 0 Å². The van der Waals surface area contributed by atoms with Gasteiger partial charge in [-0.2, -0.15) is 0 Å². The zero-order valence-electron chi connectivity index (χ0n) is 11.7. The Labute approximate surface area is 122 Å². The Hall–Kier alpha value is -1.59. The first-order valence-corrected chi connectivity index (χ1v) is 7.49. The molecule has 0 spiro atoms. The Bertz CT molecular complexity index is 639. The Balaban J connectivity index is 2.26. The van der Waals surface area contributed by atoms with Gasteiger partial charge in [0.05, 0.1) is 0 Å². The molecule has 1 aromatic carbocycles. The number of H-pyrrole nitrogens is 1. The fourth-order valence-corrected chi connectivity index (χ4v) is 2.88. The lowest BCUT2D eigenvalue weighted by Gasteiger charge is -2.12. The molecule has 0 fully saturated rings. The van der Waals surface area contributed by atoms with Crippen molar-refractivity contribution in [1.29, 1.82) is 0 Å². The molecule has 2 aromatic rings. The van der Waals surface area contributed by atoms with Crippen LogP contribution in [-0.4, -0.2) is 16.0 Å². The number of aryl methyl sites for hydroxylation is 1. The van der Waals surface area contributed by atoms with Gasteiger partial charge in [0.2, 0.25) is 0 Å². The molecule has 106 valence electrons. The number of nitrogens with one attached hydrogen (secondary N) is 1. The lowest BCUT2D eigenvalue weighted by molar-refractivity contribution is 0.641. The van der Waals surface area contributed by atoms with E-state index in [0.29, 0.717) is 5.16 Å². The highest BCUT2D eigenvalue weighted by molar-refractivity contribution is 7.99. The Kier molecular flexibility index (Phi) is 4.98. The van der Waals surface area contributed by atoms with E-state index in [4.69, 9.17) is 5.73 Å². The van der Waals surface area contributed by atoms with Gasteiger partial charge in [0.15, 0.2) is 5.16 Å². The maximum atomic E-state index is 11.5. The molecule has 3 N–H and O–H groups in total. The van der Waals surface area contributed by atoms with Gasteiger partial charge in [-0.25, -0.2) is 4.98 Å². The van der Waals surface area contributed by atoms with Crippen molar-refractivity contribution in [3.05, 3.63) is 51.9 Å². The average Bonchev–Trinajstić information content (AvgIpc) is 2.39. The smallest absolute Gasteiger partial charge is 0.251 e. The van der Waals surface area contributed by atoms with Crippen LogP contribution in [0.25, 0.3) is 0 Å². The number of benzene rings is 1. The summed E-state index contributed by atoms with van der Waals surface area (Å²) in [7, 11) is 0. The SMILES string of the molecule is CCC(N)Cc1ccccc1Sc1nc(C)cc(=O)[nH]1. The number of hydrogen-bond acceptors (Lipinski definition) is 4. The third-order valence-electron chi connectivity index (χ3n) is 3.03. The first-order valence-electron chi connectivity index (χ1n) is 6.67. The van der Waals surface area contributed by atoms with Crippen LogP contribution in [-0.2, 0) is 6.42 Å². The number of aromatic nitrogens is 2. The topological polar surface area (TPSA) is 71.8 Å². The lowest BCUT2D eigenvalue weighted by atomic mass is 10.1. The maximum Gasteiger partial charge on any atom is 0.251 e. The van der Waals surface area contributed by atoms with E-state index < -0.39 is 0 Å². The van der Waals surface area contributed by atoms with E-state index in [1.54, 1.807) is 0 Å². The van der Waals surface area contributed by atoms with Crippen molar-refractivity contribution in [3.8, 4) is 0 Å². The van der Waals surface area contributed by atoms with Crippen LogP contribution in [0, 0.1) is 6.92 Å². The van der Waals surface area contributed by atoms with Gasteiger partial charge in [0, 0.05) is 22.7 Å². The van der Waals surface area contributed by atoms with Crippen molar-refractivity contribution in [3.63, 3.8) is 0 Å². The van der Waals surface area contributed by atoms with E-state index in [-0.39, 0.29) is 11.6 Å². The highest BCUT2D eigenvalue weighted by Crippen LogP contribution is 2.28. The highest BCUT2D eigenvalue weighted by atomic mass is 32.2. The molecule has 0 bridgehead atoms. The van der Waals surface area contributed by atoms with Gasteiger partial charge in [0.25, 0.3) is 5.56 Å². The van der Waals surface area contributed by atoms with Crippen molar-refractivity contribution in [2.45, 2.75) is 42.8 Å². The summed E-state index contributed by atoms with van der Waals surface area (Å²) in [6, 6.07) is 9.74. The summed E-state index contributed by atoms with van der Waals surface area (Å²) >= 11 is 1.47. The van der Waals surface area contributed by atoms with E-state index in [9.17, 15) is 4.79 Å². The standard InChI is InChI=1S/C15H19N3OS/c1-3-12(16)9-11-6-4-5-7-13(11)20-15-17-10(2)8-14(19)18-15/h4-8,12H,3,9,16H2,1-2H3,(H,17,18,19). The molecular weight excluding hydrogens is 270 g/mol. The second kappa shape index (κ2) is 6.72. The van der Waals surface area contributed by atoms with Crippen LogP contribution in [0.15, 0.2) is 45.2 Å². The molecule has 0 aliphatic heterocycles. The monoisotopic (exact) mass is 289 g/mol. The molecule has 1 aromatic heterocycles. The van der Waals surface area contributed by atoms with E-state index in [0.717, 1.165) is 23.4 Å². The number of nitrogens with two attached hydrogens (primary N) is 1.